The molecule has 0 saturated carbocycles. The highest BCUT2D eigenvalue weighted by molar-refractivity contribution is 5.82. The summed E-state index contributed by atoms with van der Waals surface area (Å²) in [6.45, 7) is 1.84. The van der Waals surface area contributed by atoms with Crippen molar-refractivity contribution >= 4 is 5.97 Å². The van der Waals surface area contributed by atoms with Gasteiger partial charge in [0.25, 0.3) is 0 Å². The van der Waals surface area contributed by atoms with Crippen molar-refractivity contribution < 1.29 is 24.5 Å². The second-order valence-corrected chi connectivity index (χ2v) is 5.01. The fourth-order valence-corrected chi connectivity index (χ4v) is 2.14. The van der Waals surface area contributed by atoms with E-state index in [9.17, 15) is 15.0 Å². The number of ether oxygens (including phenoxy) is 2. The van der Waals surface area contributed by atoms with E-state index < -0.39 is 30.4 Å². The number of carbonyl (C=O) groups excluding carboxylic acids is 1. The predicted molar refractivity (Wildman–Crippen MR) is 68.4 cm³/mol. The standard InChI is InChI=1S/C14H20O5/c1-9-5-3-2-4-6-10(15)13-14(19-13)11(16)7-8-12(17)18-9/h4,6-11,13-16H,2-3,5H2,1H3/t9-,10+,11-,13+,14-/m0/s1. The van der Waals surface area contributed by atoms with Crippen molar-refractivity contribution in [3.05, 3.63) is 24.3 Å². The fourth-order valence-electron chi connectivity index (χ4n) is 2.14. The van der Waals surface area contributed by atoms with Crippen molar-refractivity contribution in [1.82, 2.24) is 0 Å². The van der Waals surface area contributed by atoms with Gasteiger partial charge in [0.15, 0.2) is 0 Å². The van der Waals surface area contributed by atoms with E-state index in [-0.39, 0.29) is 6.10 Å². The molecule has 0 aromatic heterocycles. The molecule has 0 aromatic rings. The summed E-state index contributed by atoms with van der Waals surface area (Å²) < 4.78 is 10.4. The van der Waals surface area contributed by atoms with Gasteiger partial charge in [0.1, 0.15) is 24.4 Å². The average molecular weight is 268 g/mol. The summed E-state index contributed by atoms with van der Waals surface area (Å²) in [5, 5.41) is 19.6. The molecule has 5 nitrogen and oxygen atoms in total. The van der Waals surface area contributed by atoms with Gasteiger partial charge in [-0.05, 0) is 32.3 Å². The summed E-state index contributed by atoms with van der Waals surface area (Å²) in [5.41, 5.74) is 0. The van der Waals surface area contributed by atoms with Crippen LogP contribution in [0.5, 0.6) is 0 Å². The van der Waals surface area contributed by atoms with Crippen LogP contribution in [0.1, 0.15) is 26.2 Å². The molecular formula is C14H20O5. The molecule has 0 amide bonds. The zero-order valence-electron chi connectivity index (χ0n) is 10.9. The Kier molecular flexibility index (Phi) is 4.74. The number of aliphatic hydroxyl groups is 2. The Hall–Kier alpha value is -1.17. The summed E-state index contributed by atoms with van der Waals surface area (Å²) in [6, 6.07) is 0. The Morgan fingerprint density at radius 1 is 1.21 bits per heavy atom. The Balaban J connectivity index is 2.00. The third-order valence-corrected chi connectivity index (χ3v) is 3.30. The van der Waals surface area contributed by atoms with Gasteiger partial charge in [-0.15, -0.1) is 0 Å². The molecule has 1 saturated heterocycles. The zero-order chi connectivity index (χ0) is 13.8. The number of fused-ring (bicyclic) bond motifs is 1. The van der Waals surface area contributed by atoms with Gasteiger partial charge in [-0.2, -0.15) is 0 Å². The Morgan fingerprint density at radius 3 is 2.63 bits per heavy atom. The Bertz CT molecular complexity index is 376. The minimum Gasteiger partial charge on any atom is -0.460 e. The highest BCUT2D eigenvalue weighted by Crippen LogP contribution is 2.30. The number of allylic oxidation sites excluding steroid dienone is 1. The van der Waals surface area contributed by atoms with Crippen molar-refractivity contribution in [2.75, 3.05) is 0 Å². The van der Waals surface area contributed by atoms with E-state index in [2.05, 4.69) is 0 Å². The van der Waals surface area contributed by atoms with Crippen molar-refractivity contribution in [3.63, 3.8) is 0 Å². The van der Waals surface area contributed by atoms with Gasteiger partial charge in [-0.3, -0.25) is 0 Å². The van der Waals surface area contributed by atoms with E-state index in [0.29, 0.717) is 0 Å². The van der Waals surface area contributed by atoms with Crippen LogP contribution in [0.3, 0.4) is 0 Å². The molecule has 5 atom stereocenters. The Morgan fingerprint density at radius 2 is 1.89 bits per heavy atom. The lowest BCUT2D eigenvalue weighted by atomic mass is 10.1. The van der Waals surface area contributed by atoms with E-state index in [1.54, 1.807) is 6.08 Å². The van der Waals surface area contributed by atoms with E-state index in [0.717, 1.165) is 19.3 Å². The molecule has 2 N–H and O–H groups in total. The SMILES string of the molecule is C[C@H]1CCCC=C[C@@H](O)[C@H]2O[C@H]2[C@@H](O)C=CC(=O)O1. The van der Waals surface area contributed by atoms with Crippen LogP contribution >= 0.6 is 0 Å². The zero-order valence-corrected chi connectivity index (χ0v) is 10.9. The van der Waals surface area contributed by atoms with E-state index >= 15 is 0 Å². The van der Waals surface area contributed by atoms with Gasteiger partial charge in [0.05, 0.1) is 6.10 Å². The third-order valence-electron chi connectivity index (χ3n) is 3.30. The maximum Gasteiger partial charge on any atom is 0.330 e. The van der Waals surface area contributed by atoms with Gasteiger partial charge >= 0.3 is 5.97 Å². The van der Waals surface area contributed by atoms with Gasteiger partial charge in [-0.1, -0.05) is 12.2 Å². The summed E-state index contributed by atoms with van der Waals surface area (Å²) in [5.74, 6) is -0.461. The first kappa shape index (κ1) is 14.2. The minimum absolute atomic E-state index is 0.152. The van der Waals surface area contributed by atoms with Crippen molar-refractivity contribution in [3.8, 4) is 0 Å². The van der Waals surface area contributed by atoms with Crippen LogP contribution in [0, 0.1) is 0 Å². The summed E-state index contributed by atoms with van der Waals surface area (Å²) in [4.78, 5) is 11.5. The van der Waals surface area contributed by atoms with E-state index in [1.165, 1.54) is 12.2 Å². The quantitative estimate of drug-likeness (QED) is 0.384. The van der Waals surface area contributed by atoms with Crippen LogP contribution < -0.4 is 0 Å². The monoisotopic (exact) mass is 268 g/mol. The van der Waals surface area contributed by atoms with Crippen LogP contribution in [-0.4, -0.2) is 46.7 Å². The second-order valence-electron chi connectivity index (χ2n) is 5.01. The maximum absolute atomic E-state index is 11.5. The molecule has 0 spiro atoms. The number of hydrogen-bond donors (Lipinski definition) is 2. The normalized spacial score (nSPS) is 40.2. The van der Waals surface area contributed by atoms with Crippen molar-refractivity contribution in [2.24, 2.45) is 0 Å². The lowest BCUT2D eigenvalue weighted by Crippen LogP contribution is -2.21. The molecule has 2 rings (SSSR count). The number of aliphatic hydroxyl groups excluding tert-OH is 2. The lowest BCUT2D eigenvalue weighted by Gasteiger charge is -2.11. The summed E-state index contributed by atoms with van der Waals surface area (Å²) in [6.07, 6.45) is 6.02. The first-order chi connectivity index (χ1) is 9.08. The smallest absolute Gasteiger partial charge is 0.330 e. The first-order valence-corrected chi connectivity index (χ1v) is 6.65. The predicted octanol–water partition coefficient (Wildman–Crippen LogP) is 0.704. The van der Waals surface area contributed by atoms with Gasteiger partial charge in [0.2, 0.25) is 0 Å². The highest BCUT2D eigenvalue weighted by Gasteiger charge is 2.47. The van der Waals surface area contributed by atoms with Crippen LogP contribution in [0.25, 0.3) is 0 Å². The van der Waals surface area contributed by atoms with E-state index in [1.807, 2.05) is 13.0 Å². The molecule has 106 valence electrons. The van der Waals surface area contributed by atoms with Gasteiger partial charge < -0.3 is 19.7 Å². The fraction of sp³-hybridized carbons (Fsp3) is 0.643. The minimum atomic E-state index is -0.904. The second kappa shape index (κ2) is 6.32. The van der Waals surface area contributed by atoms with Crippen LogP contribution in [0.4, 0.5) is 0 Å². The van der Waals surface area contributed by atoms with Gasteiger partial charge in [0, 0.05) is 6.08 Å². The van der Waals surface area contributed by atoms with Gasteiger partial charge in [-0.25, -0.2) is 4.79 Å². The van der Waals surface area contributed by atoms with E-state index in [4.69, 9.17) is 9.47 Å². The number of hydrogen-bond acceptors (Lipinski definition) is 5. The molecule has 0 unspecified atom stereocenters. The highest BCUT2D eigenvalue weighted by atomic mass is 16.6. The largest absolute Gasteiger partial charge is 0.460 e. The molecule has 5 heteroatoms. The lowest BCUT2D eigenvalue weighted by molar-refractivity contribution is -0.142. The van der Waals surface area contributed by atoms with Crippen molar-refractivity contribution in [1.29, 1.82) is 0 Å². The number of esters is 1. The number of epoxide rings is 1. The average Bonchev–Trinajstić information content (AvgIpc) is 3.14. The molecule has 0 bridgehead atoms. The first-order valence-electron chi connectivity index (χ1n) is 6.65. The molecule has 0 aromatic carbocycles. The molecule has 0 aliphatic carbocycles. The number of carbonyl (C=O) groups is 1. The number of rotatable bonds is 0. The maximum atomic E-state index is 11.5. The summed E-state index contributed by atoms with van der Waals surface area (Å²) >= 11 is 0. The number of cyclic esters (lactones) is 1. The molecule has 19 heavy (non-hydrogen) atoms. The van der Waals surface area contributed by atoms with Crippen LogP contribution in [0.15, 0.2) is 24.3 Å². The van der Waals surface area contributed by atoms with Crippen LogP contribution in [0.2, 0.25) is 0 Å². The van der Waals surface area contributed by atoms with Crippen molar-refractivity contribution in [2.45, 2.75) is 56.7 Å². The molecular weight excluding hydrogens is 248 g/mol. The summed E-state index contributed by atoms with van der Waals surface area (Å²) in [7, 11) is 0. The van der Waals surface area contributed by atoms with Crippen LogP contribution in [-0.2, 0) is 14.3 Å². The molecule has 0 radical (unpaired) electrons. The molecule has 2 aliphatic heterocycles. The molecule has 1 fully saturated rings. The topological polar surface area (TPSA) is 79.3 Å². The third kappa shape index (κ3) is 4.16. The Labute approximate surface area is 112 Å². The molecule has 2 heterocycles. The molecule has 2 aliphatic rings.